The third-order valence-corrected chi connectivity index (χ3v) is 5.72. The number of hydrogen-bond acceptors (Lipinski definition) is 2. The summed E-state index contributed by atoms with van der Waals surface area (Å²) in [5, 5.41) is 12.1. The fraction of sp³-hybridized carbons (Fsp3) is 0.185. The number of carboxylic acid groups (broad SMARTS) is 1. The van der Waals surface area contributed by atoms with E-state index in [9.17, 15) is 9.59 Å². The van der Waals surface area contributed by atoms with E-state index in [1.165, 1.54) is 11.1 Å². The predicted molar refractivity (Wildman–Crippen MR) is 125 cm³/mol. The first kappa shape index (κ1) is 21.4. The second-order valence-corrected chi connectivity index (χ2v) is 8.29. The number of amides is 1. The highest BCUT2D eigenvalue weighted by Crippen LogP contribution is 2.21. The number of carbonyl (C=O) groups excluding carboxylic acids is 1. The number of aromatic nitrogens is 1. The van der Waals surface area contributed by atoms with E-state index in [2.05, 4.69) is 48.6 Å². The van der Waals surface area contributed by atoms with Crippen LogP contribution in [-0.4, -0.2) is 21.4 Å². The number of hydrogen-bond donors (Lipinski definition) is 2. The van der Waals surface area contributed by atoms with Crippen LogP contribution in [-0.2, 0) is 6.42 Å². The smallest absolute Gasteiger partial charge is 0.335 e. The Morgan fingerprint density at radius 1 is 0.906 bits per heavy atom. The third kappa shape index (κ3) is 4.42. The average molecular weight is 427 g/mol. The van der Waals surface area contributed by atoms with Crippen LogP contribution in [0.15, 0.2) is 72.8 Å². The molecule has 4 aromatic rings. The summed E-state index contributed by atoms with van der Waals surface area (Å²) < 4.78 is 2.02. The predicted octanol–water partition coefficient (Wildman–Crippen LogP) is 5.34. The zero-order valence-corrected chi connectivity index (χ0v) is 18.4. The van der Waals surface area contributed by atoms with Crippen molar-refractivity contribution in [3.05, 3.63) is 112 Å². The Labute approximate surface area is 187 Å². The number of aromatic carboxylic acids is 1. The Morgan fingerprint density at radius 3 is 2.25 bits per heavy atom. The van der Waals surface area contributed by atoms with Gasteiger partial charge in [0.05, 0.1) is 11.6 Å². The molecule has 5 nitrogen and oxygen atoms in total. The molecule has 0 aliphatic heterocycles. The van der Waals surface area contributed by atoms with E-state index in [-0.39, 0.29) is 17.5 Å². The monoisotopic (exact) mass is 426 g/mol. The summed E-state index contributed by atoms with van der Waals surface area (Å²) in [4.78, 5) is 24.4. The molecule has 32 heavy (non-hydrogen) atoms. The lowest BCUT2D eigenvalue weighted by atomic mass is 10.1. The Balaban J connectivity index is 1.63. The number of carboxylic acids is 1. The molecule has 5 heteroatoms. The quantitative estimate of drug-likeness (QED) is 0.437. The van der Waals surface area contributed by atoms with E-state index in [1.807, 2.05) is 30.4 Å². The lowest BCUT2D eigenvalue weighted by Crippen LogP contribution is -2.28. The number of carbonyl (C=O) groups is 2. The fourth-order valence-corrected chi connectivity index (χ4v) is 3.95. The Morgan fingerprint density at radius 2 is 1.59 bits per heavy atom. The lowest BCUT2D eigenvalue weighted by molar-refractivity contribution is 0.0696. The van der Waals surface area contributed by atoms with Gasteiger partial charge in [-0.3, -0.25) is 4.79 Å². The lowest BCUT2D eigenvalue weighted by Gasteiger charge is -2.17. The minimum atomic E-state index is -0.968. The van der Waals surface area contributed by atoms with Gasteiger partial charge in [0.25, 0.3) is 5.91 Å². The van der Waals surface area contributed by atoms with E-state index in [0.29, 0.717) is 5.69 Å². The molecule has 1 amide bonds. The van der Waals surface area contributed by atoms with Gasteiger partial charge in [0.1, 0.15) is 5.69 Å². The molecule has 0 aliphatic rings. The number of fused-ring (bicyclic) bond motifs is 1. The first-order chi connectivity index (χ1) is 15.3. The molecule has 0 fully saturated rings. The Hall–Kier alpha value is -3.86. The average Bonchev–Trinajstić information content (AvgIpc) is 3.17. The van der Waals surface area contributed by atoms with Crippen molar-refractivity contribution in [1.82, 2.24) is 9.72 Å². The summed E-state index contributed by atoms with van der Waals surface area (Å²) >= 11 is 0. The molecule has 1 atom stereocenters. The second-order valence-electron chi connectivity index (χ2n) is 8.29. The topological polar surface area (TPSA) is 70.8 Å². The van der Waals surface area contributed by atoms with Crippen LogP contribution in [0.3, 0.4) is 0 Å². The Bertz CT molecular complexity index is 1290. The fourth-order valence-electron chi connectivity index (χ4n) is 3.95. The van der Waals surface area contributed by atoms with Crippen LogP contribution < -0.4 is 5.32 Å². The summed E-state index contributed by atoms with van der Waals surface area (Å²) in [6.45, 7) is 5.94. The molecule has 0 unspecified atom stereocenters. The molecule has 162 valence electrons. The molecule has 4 rings (SSSR count). The third-order valence-electron chi connectivity index (χ3n) is 5.72. The van der Waals surface area contributed by atoms with Crippen LogP contribution in [0.4, 0.5) is 0 Å². The second kappa shape index (κ2) is 8.71. The molecular formula is C27H26N2O3. The molecular weight excluding hydrogens is 400 g/mol. The first-order valence-electron chi connectivity index (χ1n) is 10.6. The van der Waals surface area contributed by atoms with Crippen LogP contribution in [0.2, 0.25) is 0 Å². The van der Waals surface area contributed by atoms with Crippen molar-refractivity contribution in [2.75, 3.05) is 0 Å². The van der Waals surface area contributed by atoms with E-state index in [4.69, 9.17) is 5.11 Å². The van der Waals surface area contributed by atoms with Gasteiger partial charge < -0.3 is 14.8 Å². The molecule has 2 aromatic carbocycles. The number of pyridine rings is 1. The SMILES string of the molecule is Cc1ccc(Cc2ccc3cc(C)cc(C(=O)N[C@@H](C)c4ccc(C(=O)O)cc4)n23)cc1. The van der Waals surface area contributed by atoms with Crippen molar-refractivity contribution in [3.63, 3.8) is 0 Å². The molecule has 2 heterocycles. The van der Waals surface area contributed by atoms with Crippen LogP contribution in [0.5, 0.6) is 0 Å². The van der Waals surface area contributed by atoms with E-state index >= 15 is 0 Å². The highest BCUT2D eigenvalue weighted by molar-refractivity contribution is 5.94. The van der Waals surface area contributed by atoms with Gasteiger partial charge in [0, 0.05) is 17.6 Å². The number of nitrogens with zero attached hydrogens (tertiary/aromatic N) is 1. The normalized spacial score (nSPS) is 12.0. The highest BCUT2D eigenvalue weighted by atomic mass is 16.4. The summed E-state index contributed by atoms with van der Waals surface area (Å²) in [5.41, 5.74) is 7.11. The molecule has 2 aromatic heterocycles. The summed E-state index contributed by atoms with van der Waals surface area (Å²) in [6, 6.07) is 22.8. The molecule has 0 saturated heterocycles. The van der Waals surface area contributed by atoms with Gasteiger partial charge in [0.15, 0.2) is 0 Å². The van der Waals surface area contributed by atoms with E-state index < -0.39 is 5.97 Å². The van der Waals surface area contributed by atoms with E-state index in [1.54, 1.807) is 24.3 Å². The number of nitrogens with one attached hydrogen (secondary N) is 1. The van der Waals surface area contributed by atoms with Gasteiger partial charge in [0.2, 0.25) is 0 Å². The van der Waals surface area contributed by atoms with Gasteiger partial charge >= 0.3 is 5.97 Å². The van der Waals surface area contributed by atoms with Gasteiger partial charge in [-0.25, -0.2) is 4.79 Å². The van der Waals surface area contributed by atoms with Crippen molar-refractivity contribution in [2.24, 2.45) is 0 Å². The zero-order chi connectivity index (χ0) is 22.8. The van der Waals surface area contributed by atoms with Crippen molar-refractivity contribution in [3.8, 4) is 0 Å². The molecule has 0 radical (unpaired) electrons. The first-order valence-corrected chi connectivity index (χ1v) is 10.6. The summed E-state index contributed by atoms with van der Waals surface area (Å²) in [7, 11) is 0. The molecule has 2 N–H and O–H groups in total. The maximum atomic E-state index is 13.3. The minimum Gasteiger partial charge on any atom is -0.478 e. The zero-order valence-electron chi connectivity index (χ0n) is 18.4. The van der Waals surface area contributed by atoms with Gasteiger partial charge in [-0.1, -0.05) is 42.0 Å². The maximum Gasteiger partial charge on any atom is 0.335 e. The van der Waals surface area contributed by atoms with Gasteiger partial charge in [-0.15, -0.1) is 0 Å². The highest BCUT2D eigenvalue weighted by Gasteiger charge is 2.17. The summed E-state index contributed by atoms with van der Waals surface area (Å²) in [6.07, 6.45) is 0.726. The van der Waals surface area contributed by atoms with Crippen molar-refractivity contribution < 1.29 is 14.7 Å². The van der Waals surface area contributed by atoms with Crippen LogP contribution in [0, 0.1) is 13.8 Å². The number of aryl methyl sites for hydroxylation is 2. The Kier molecular flexibility index (Phi) is 5.82. The van der Waals surface area contributed by atoms with Crippen LogP contribution in [0.1, 0.15) is 61.8 Å². The minimum absolute atomic E-state index is 0.171. The van der Waals surface area contributed by atoms with Crippen molar-refractivity contribution in [2.45, 2.75) is 33.2 Å². The summed E-state index contributed by atoms with van der Waals surface area (Å²) in [5.74, 6) is -1.14. The molecule has 0 bridgehead atoms. The maximum absolute atomic E-state index is 13.3. The number of benzene rings is 2. The largest absolute Gasteiger partial charge is 0.478 e. The molecule has 0 aliphatic carbocycles. The standard InChI is InChI=1S/C27H26N2O3/c1-17-4-6-20(7-5-17)16-24-13-12-23-14-18(2)15-25(29(23)24)26(30)28-19(3)21-8-10-22(11-9-21)27(31)32/h4-15,19H,16H2,1-3H3,(H,28,30)(H,31,32)/t19-/m0/s1. The molecule has 0 saturated carbocycles. The van der Waals surface area contributed by atoms with Crippen molar-refractivity contribution in [1.29, 1.82) is 0 Å². The van der Waals surface area contributed by atoms with Crippen molar-refractivity contribution >= 4 is 17.4 Å². The van der Waals surface area contributed by atoms with Crippen LogP contribution >= 0.6 is 0 Å². The molecule has 0 spiro atoms. The van der Waals surface area contributed by atoms with Crippen LogP contribution in [0.25, 0.3) is 5.52 Å². The number of rotatable bonds is 6. The van der Waals surface area contributed by atoms with Gasteiger partial charge in [-0.05, 0) is 73.9 Å². The van der Waals surface area contributed by atoms with E-state index in [0.717, 1.165) is 28.8 Å². The van der Waals surface area contributed by atoms with Gasteiger partial charge in [-0.2, -0.15) is 0 Å².